The summed E-state index contributed by atoms with van der Waals surface area (Å²) in [5.41, 5.74) is 0. The molecule has 0 aromatic carbocycles. The number of hydrogen-bond donors (Lipinski definition) is 1. The molecule has 0 saturated carbocycles. The summed E-state index contributed by atoms with van der Waals surface area (Å²) in [5, 5.41) is 8.54. The van der Waals surface area contributed by atoms with E-state index in [-0.39, 0.29) is 0 Å². The Hall–Kier alpha value is -0.0800. The Kier molecular flexibility index (Phi) is 3.76. The van der Waals surface area contributed by atoms with Crippen LogP contribution in [0, 0.1) is 0 Å². The van der Waals surface area contributed by atoms with Crippen LogP contribution < -0.4 is 0 Å². The predicted octanol–water partition coefficient (Wildman–Crippen LogP) is 1.33. The molecule has 0 unspecified atom stereocenters. The molecule has 10 heavy (non-hydrogen) atoms. The van der Waals surface area contributed by atoms with Crippen LogP contribution in [0.5, 0.6) is 0 Å². The van der Waals surface area contributed by atoms with Crippen LogP contribution in [0.15, 0.2) is 0 Å². The molecule has 0 aromatic rings. The molecular weight excluding hydrogens is 128 g/mol. The molecule has 1 N–H and O–H groups in total. The Bertz CT molecular complexity index is 77.3. The van der Waals surface area contributed by atoms with Crippen molar-refractivity contribution in [2.24, 2.45) is 0 Å². The topological polar surface area (TPSA) is 29.5 Å². The lowest BCUT2D eigenvalue weighted by atomic mass is 10.1. The van der Waals surface area contributed by atoms with E-state index in [1.54, 1.807) is 0 Å². The van der Waals surface area contributed by atoms with Crippen LogP contribution in [0.4, 0.5) is 0 Å². The van der Waals surface area contributed by atoms with Crippen molar-refractivity contribution in [2.45, 2.75) is 38.2 Å². The van der Waals surface area contributed by atoms with E-state index in [0.717, 1.165) is 19.4 Å². The fourth-order valence-corrected chi connectivity index (χ4v) is 1.35. The molecule has 0 spiro atoms. The van der Waals surface area contributed by atoms with E-state index in [0.29, 0.717) is 12.7 Å². The zero-order valence-electron chi connectivity index (χ0n) is 6.38. The Morgan fingerprint density at radius 1 is 1.40 bits per heavy atom. The third kappa shape index (κ3) is 2.67. The van der Waals surface area contributed by atoms with Crippen LogP contribution in [0.1, 0.15) is 32.1 Å². The zero-order valence-corrected chi connectivity index (χ0v) is 6.38. The minimum absolute atomic E-state index is 0.305. The molecule has 1 heterocycles. The normalized spacial score (nSPS) is 26.7. The lowest BCUT2D eigenvalue weighted by Gasteiger charge is -2.21. The zero-order chi connectivity index (χ0) is 7.23. The van der Waals surface area contributed by atoms with Gasteiger partial charge in [0.1, 0.15) is 0 Å². The van der Waals surface area contributed by atoms with Crippen LogP contribution in [0.25, 0.3) is 0 Å². The van der Waals surface area contributed by atoms with Gasteiger partial charge in [-0.3, -0.25) is 0 Å². The minimum Gasteiger partial charge on any atom is -0.396 e. The van der Waals surface area contributed by atoms with E-state index >= 15 is 0 Å². The monoisotopic (exact) mass is 144 g/mol. The third-order valence-electron chi connectivity index (χ3n) is 1.96. The van der Waals surface area contributed by atoms with Crippen molar-refractivity contribution in [1.82, 2.24) is 0 Å². The van der Waals surface area contributed by atoms with Gasteiger partial charge in [-0.05, 0) is 32.1 Å². The molecule has 2 heteroatoms. The molecule has 1 rings (SSSR count). The van der Waals surface area contributed by atoms with E-state index in [2.05, 4.69) is 0 Å². The highest BCUT2D eigenvalue weighted by atomic mass is 16.5. The summed E-state index contributed by atoms with van der Waals surface area (Å²) >= 11 is 0. The van der Waals surface area contributed by atoms with E-state index in [1.807, 2.05) is 0 Å². The summed E-state index contributed by atoms with van der Waals surface area (Å²) < 4.78 is 5.47. The first-order valence-corrected chi connectivity index (χ1v) is 4.16. The maximum Gasteiger partial charge on any atom is 0.0576 e. The molecule has 60 valence electrons. The first-order valence-electron chi connectivity index (χ1n) is 4.16. The molecule has 1 aliphatic heterocycles. The number of aliphatic hydroxyl groups excluding tert-OH is 1. The highest BCUT2D eigenvalue weighted by Crippen LogP contribution is 2.16. The molecule has 1 atom stereocenters. The van der Waals surface area contributed by atoms with Gasteiger partial charge in [-0.2, -0.15) is 0 Å². The Morgan fingerprint density at radius 3 is 2.90 bits per heavy atom. The van der Waals surface area contributed by atoms with Gasteiger partial charge in [0.2, 0.25) is 0 Å². The van der Waals surface area contributed by atoms with Gasteiger partial charge in [0.25, 0.3) is 0 Å². The molecule has 0 amide bonds. The maximum absolute atomic E-state index is 8.54. The summed E-state index contributed by atoms with van der Waals surface area (Å²) in [7, 11) is 0. The average Bonchev–Trinajstić information content (AvgIpc) is 2.03. The average molecular weight is 144 g/mol. The Morgan fingerprint density at radius 2 is 2.30 bits per heavy atom. The standard InChI is InChI=1S/C8H16O2/c9-6-3-5-8-4-1-2-7-10-8/h8-9H,1-7H2/t8-/m1/s1. The van der Waals surface area contributed by atoms with Crippen LogP contribution in [0.3, 0.4) is 0 Å². The first-order chi connectivity index (χ1) is 4.93. The van der Waals surface area contributed by atoms with E-state index in [1.165, 1.54) is 19.3 Å². The van der Waals surface area contributed by atoms with Crippen LogP contribution >= 0.6 is 0 Å². The lowest BCUT2D eigenvalue weighted by molar-refractivity contribution is 0.00770. The lowest BCUT2D eigenvalue weighted by Crippen LogP contribution is -2.18. The number of hydrogen-bond acceptors (Lipinski definition) is 2. The van der Waals surface area contributed by atoms with Crippen LogP contribution in [-0.2, 0) is 4.74 Å². The SMILES string of the molecule is OCCC[C@H]1CCCCO1. The van der Waals surface area contributed by atoms with E-state index < -0.39 is 0 Å². The number of rotatable bonds is 3. The molecule has 2 nitrogen and oxygen atoms in total. The molecule has 0 radical (unpaired) electrons. The predicted molar refractivity (Wildman–Crippen MR) is 39.9 cm³/mol. The molecule has 1 fully saturated rings. The summed E-state index contributed by atoms with van der Waals surface area (Å²) in [5.74, 6) is 0. The van der Waals surface area contributed by atoms with Gasteiger partial charge in [0.15, 0.2) is 0 Å². The van der Waals surface area contributed by atoms with Crippen LogP contribution in [-0.4, -0.2) is 24.4 Å². The second-order valence-electron chi connectivity index (χ2n) is 2.85. The quantitative estimate of drug-likeness (QED) is 0.647. The fourth-order valence-electron chi connectivity index (χ4n) is 1.35. The highest BCUT2D eigenvalue weighted by Gasteiger charge is 2.12. The highest BCUT2D eigenvalue weighted by molar-refractivity contribution is 4.62. The van der Waals surface area contributed by atoms with Crippen molar-refractivity contribution in [2.75, 3.05) is 13.2 Å². The second kappa shape index (κ2) is 4.69. The minimum atomic E-state index is 0.305. The molecule has 0 aliphatic carbocycles. The molecule has 0 bridgehead atoms. The van der Waals surface area contributed by atoms with Gasteiger partial charge < -0.3 is 9.84 Å². The summed E-state index contributed by atoms with van der Waals surface area (Å²) in [6.07, 6.45) is 6.09. The van der Waals surface area contributed by atoms with Gasteiger partial charge >= 0.3 is 0 Å². The maximum atomic E-state index is 8.54. The van der Waals surface area contributed by atoms with Gasteiger partial charge in [-0.1, -0.05) is 0 Å². The van der Waals surface area contributed by atoms with Crippen molar-refractivity contribution in [3.63, 3.8) is 0 Å². The van der Waals surface area contributed by atoms with Crippen molar-refractivity contribution >= 4 is 0 Å². The van der Waals surface area contributed by atoms with Gasteiger partial charge in [0, 0.05) is 13.2 Å². The van der Waals surface area contributed by atoms with Crippen molar-refractivity contribution in [3.05, 3.63) is 0 Å². The summed E-state index contributed by atoms with van der Waals surface area (Å²) in [6.45, 7) is 1.23. The molecule has 0 aromatic heterocycles. The largest absolute Gasteiger partial charge is 0.396 e. The molecule has 1 saturated heterocycles. The van der Waals surface area contributed by atoms with Gasteiger partial charge in [0.05, 0.1) is 6.10 Å². The first kappa shape index (κ1) is 8.02. The number of ether oxygens (including phenoxy) is 1. The van der Waals surface area contributed by atoms with E-state index in [9.17, 15) is 0 Å². The molecular formula is C8H16O2. The smallest absolute Gasteiger partial charge is 0.0576 e. The van der Waals surface area contributed by atoms with Gasteiger partial charge in [-0.25, -0.2) is 0 Å². The fraction of sp³-hybridized carbons (Fsp3) is 1.00. The van der Waals surface area contributed by atoms with Crippen molar-refractivity contribution < 1.29 is 9.84 Å². The summed E-state index contributed by atoms with van der Waals surface area (Å²) in [6, 6.07) is 0. The van der Waals surface area contributed by atoms with E-state index in [4.69, 9.17) is 9.84 Å². The third-order valence-corrected chi connectivity index (χ3v) is 1.96. The number of aliphatic hydroxyl groups is 1. The van der Waals surface area contributed by atoms with Gasteiger partial charge in [-0.15, -0.1) is 0 Å². The van der Waals surface area contributed by atoms with Crippen molar-refractivity contribution in [1.29, 1.82) is 0 Å². The second-order valence-corrected chi connectivity index (χ2v) is 2.85. The Balaban J connectivity index is 2.02. The van der Waals surface area contributed by atoms with Crippen LogP contribution in [0.2, 0.25) is 0 Å². The Labute approximate surface area is 62.2 Å². The summed E-state index contributed by atoms with van der Waals surface area (Å²) in [4.78, 5) is 0. The molecule has 1 aliphatic rings. The van der Waals surface area contributed by atoms with Crippen molar-refractivity contribution in [3.8, 4) is 0 Å².